The second-order valence-corrected chi connectivity index (χ2v) is 7.12. The average molecular weight is 303 g/mol. The number of rotatable bonds is 4. The number of fused-ring (bicyclic) bond motifs is 1. The van der Waals surface area contributed by atoms with Crippen molar-refractivity contribution in [2.45, 2.75) is 45.3 Å². The van der Waals surface area contributed by atoms with Crippen LogP contribution in [0.5, 0.6) is 0 Å². The molecule has 3 aliphatic heterocycles. The van der Waals surface area contributed by atoms with Gasteiger partial charge in [0.1, 0.15) is 5.82 Å². The van der Waals surface area contributed by atoms with Crippen molar-refractivity contribution in [3.8, 4) is 0 Å². The van der Waals surface area contributed by atoms with Crippen LogP contribution >= 0.6 is 0 Å². The predicted molar refractivity (Wildman–Crippen MR) is 87.9 cm³/mol. The highest BCUT2D eigenvalue weighted by atomic mass is 15.3. The molecular formula is C17H29N5. The van der Waals surface area contributed by atoms with Gasteiger partial charge >= 0.3 is 0 Å². The highest BCUT2D eigenvalue weighted by molar-refractivity contribution is 5.07. The normalized spacial score (nSPS) is 25.1. The van der Waals surface area contributed by atoms with Gasteiger partial charge in [0.25, 0.3) is 0 Å². The molecule has 0 spiro atoms. The predicted octanol–water partition coefficient (Wildman–Crippen LogP) is 1.04. The first kappa shape index (κ1) is 14.7. The fraction of sp³-hybridized carbons (Fsp3) is 0.824. The molecule has 1 aromatic heterocycles. The van der Waals surface area contributed by atoms with Gasteiger partial charge in [0.15, 0.2) is 0 Å². The van der Waals surface area contributed by atoms with Crippen LogP contribution in [0.4, 0.5) is 0 Å². The molecule has 0 saturated carbocycles. The Hall–Kier alpha value is -0.910. The lowest BCUT2D eigenvalue weighted by Gasteiger charge is -2.48. The van der Waals surface area contributed by atoms with E-state index in [9.17, 15) is 0 Å². The summed E-state index contributed by atoms with van der Waals surface area (Å²) in [5, 5.41) is 0. The molecule has 4 rings (SSSR count). The average Bonchev–Trinajstić information content (AvgIpc) is 2.93. The van der Waals surface area contributed by atoms with Crippen LogP contribution in [0.15, 0.2) is 6.20 Å². The van der Waals surface area contributed by atoms with Crippen molar-refractivity contribution in [3.05, 3.63) is 17.7 Å². The molecule has 1 aromatic rings. The Labute approximate surface area is 133 Å². The van der Waals surface area contributed by atoms with E-state index < -0.39 is 0 Å². The van der Waals surface area contributed by atoms with Crippen molar-refractivity contribution in [2.75, 3.05) is 45.8 Å². The van der Waals surface area contributed by atoms with Gasteiger partial charge < -0.3 is 9.47 Å². The summed E-state index contributed by atoms with van der Waals surface area (Å²) in [5.41, 5.74) is 1.28. The molecule has 0 unspecified atom stereocenters. The minimum absolute atomic E-state index is 0.788. The van der Waals surface area contributed by atoms with Gasteiger partial charge in [-0.15, -0.1) is 0 Å². The van der Waals surface area contributed by atoms with E-state index in [2.05, 4.69) is 32.4 Å². The SMILES string of the molecule is CCN1CCN(C2CN(Cc3cn4c(n3)CCCC4)C2)CC1. The first-order valence-corrected chi connectivity index (χ1v) is 9.05. The highest BCUT2D eigenvalue weighted by Crippen LogP contribution is 2.21. The number of likely N-dealkylation sites (tertiary alicyclic amines) is 1. The number of aryl methyl sites for hydroxylation is 2. The highest BCUT2D eigenvalue weighted by Gasteiger charge is 2.33. The molecule has 0 atom stereocenters. The number of piperazine rings is 1. The van der Waals surface area contributed by atoms with Gasteiger partial charge in [0.05, 0.1) is 5.69 Å². The molecule has 2 saturated heterocycles. The fourth-order valence-electron chi connectivity index (χ4n) is 4.12. The van der Waals surface area contributed by atoms with E-state index >= 15 is 0 Å². The molecule has 0 bridgehead atoms. The van der Waals surface area contributed by atoms with Crippen LogP contribution in [0, 0.1) is 0 Å². The van der Waals surface area contributed by atoms with Crippen LogP contribution in [-0.4, -0.2) is 76.1 Å². The molecule has 0 radical (unpaired) electrons. The van der Waals surface area contributed by atoms with Gasteiger partial charge in [-0.25, -0.2) is 4.98 Å². The molecule has 22 heavy (non-hydrogen) atoms. The number of aromatic nitrogens is 2. The zero-order valence-corrected chi connectivity index (χ0v) is 13.9. The number of hydrogen-bond acceptors (Lipinski definition) is 4. The molecule has 0 aromatic carbocycles. The fourth-order valence-corrected chi connectivity index (χ4v) is 4.12. The minimum Gasteiger partial charge on any atom is -0.335 e. The Morgan fingerprint density at radius 2 is 1.86 bits per heavy atom. The second kappa shape index (κ2) is 6.30. The van der Waals surface area contributed by atoms with Gasteiger partial charge in [-0.2, -0.15) is 0 Å². The Kier molecular flexibility index (Phi) is 4.20. The summed E-state index contributed by atoms with van der Waals surface area (Å²) >= 11 is 0. The Balaban J connectivity index is 1.25. The van der Waals surface area contributed by atoms with Crippen LogP contribution < -0.4 is 0 Å². The van der Waals surface area contributed by atoms with E-state index in [-0.39, 0.29) is 0 Å². The molecular weight excluding hydrogens is 274 g/mol. The van der Waals surface area contributed by atoms with Crippen LogP contribution in [0.2, 0.25) is 0 Å². The van der Waals surface area contributed by atoms with E-state index in [0.717, 1.165) is 12.6 Å². The lowest BCUT2D eigenvalue weighted by Crippen LogP contribution is -2.62. The zero-order valence-electron chi connectivity index (χ0n) is 13.9. The molecule has 3 aliphatic rings. The number of imidazole rings is 1. The third kappa shape index (κ3) is 2.94. The third-order valence-electron chi connectivity index (χ3n) is 5.65. The van der Waals surface area contributed by atoms with Gasteiger partial charge in [0.2, 0.25) is 0 Å². The van der Waals surface area contributed by atoms with Crippen LogP contribution in [0.3, 0.4) is 0 Å². The van der Waals surface area contributed by atoms with E-state index in [0.29, 0.717) is 0 Å². The molecule has 5 nitrogen and oxygen atoms in total. The van der Waals surface area contributed by atoms with Crippen molar-refractivity contribution < 1.29 is 0 Å². The lowest BCUT2D eigenvalue weighted by atomic mass is 10.1. The van der Waals surface area contributed by atoms with Gasteiger partial charge in [-0.1, -0.05) is 6.92 Å². The lowest BCUT2D eigenvalue weighted by molar-refractivity contribution is 0.00161. The largest absolute Gasteiger partial charge is 0.335 e. The molecule has 0 amide bonds. The summed E-state index contributed by atoms with van der Waals surface area (Å²) < 4.78 is 2.38. The van der Waals surface area contributed by atoms with Gasteiger partial charge in [-0.05, 0) is 19.4 Å². The maximum absolute atomic E-state index is 4.83. The maximum Gasteiger partial charge on any atom is 0.109 e. The quantitative estimate of drug-likeness (QED) is 0.831. The van der Waals surface area contributed by atoms with E-state index in [4.69, 9.17) is 4.98 Å². The monoisotopic (exact) mass is 303 g/mol. The number of likely N-dealkylation sites (N-methyl/N-ethyl adjacent to an activating group) is 1. The Morgan fingerprint density at radius 3 is 2.59 bits per heavy atom. The van der Waals surface area contributed by atoms with Crippen molar-refractivity contribution in [3.63, 3.8) is 0 Å². The number of hydrogen-bond donors (Lipinski definition) is 0. The van der Waals surface area contributed by atoms with Gasteiger partial charge in [-0.3, -0.25) is 9.80 Å². The second-order valence-electron chi connectivity index (χ2n) is 7.12. The van der Waals surface area contributed by atoms with Crippen LogP contribution in [0.1, 0.15) is 31.3 Å². The van der Waals surface area contributed by atoms with E-state index in [1.165, 1.54) is 83.1 Å². The van der Waals surface area contributed by atoms with Crippen molar-refractivity contribution in [2.24, 2.45) is 0 Å². The molecule has 122 valence electrons. The summed E-state index contributed by atoms with van der Waals surface area (Å²) in [6.45, 7) is 13.2. The summed E-state index contributed by atoms with van der Waals surface area (Å²) in [7, 11) is 0. The zero-order chi connectivity index (χ0) is 14.9. The first-order valence-electron chi connectivity index (χ1n) is 9.05. The number of nitrogens with zero attached hydrogens (tertiary/aromatic N) is 5. The summed E-state index contributed by atoms with van der Waals surface area (Å²) in [4.78, 5) is 12.6. The summed E-state index contributed by atoms with van der Waals surface area (Å²) in [6, 6.07) is 0.788. The van der Waals surface area contributed by atoms with E-state index in [1.54, 1.807) is 0 Å². The minimum atomic E-state index is 0.788. The van der Waals surface area contributed by atoms with Crippen molar-refractivity contribution in [1.29, 1.82) is 0 Å². The molecule has 0 aliphatic carbocycles. The topological polar surface area (TPSA) is 27.5 Å². The Morgan fingerprint density at radius 1 is 1.05 bits per heavy atom. The summed E-state index contributed by atoms with van der Waals surface area (Å²) in [6.07, 6.45) is 6.09. The van der Waals surface area contributed by atoms with E-state index in [1.807, 2.05) is 0 Å². The first-order chi connectivity index (χ1) is 10.8. The van der Waals surface area contributed by atoms with Gasteiger partial charge in [0, 0.05) is 71.0 Å². The third-order valence-corrected chi connectivity index (χ3v) is 5.65. The standard InChI is InChI=1S/C17H29N5/c1-2-19-7-9-21(10-8-19)16-13-20(14-16)11-15-12-22-6-4-3-5-17(22)18-15/h12,16H,2-11,13-14H2,1H3. The smallest absolute Gasteiger partial charge is 0.109 e. The summed E-state index contributed by atoms with van der Waals surface area (Å²) in [5.74, 6) is 1.31. The molecule has 2 fully saturated rings. The van der Waals surface area contributed by atoms with Crippen LogP contribution in [-0.2, 0) is 19.5 Å². The molecule has 0 N–H and O–H groups in total. The molecule has 5 heteroatoms. The Bertz CT molecular complexity index is 474. The van der Waals surface area contributed by atoms with Crippen LogP contribution in [0.25, 0.3) is 0 Å². The maximum atomic E-state index is 4.83. The molecule has 4 heterocycles. The van der Waals surface area contributed by atoms with Crippen molar-refractivity contribution in [1.82, 2.24) is 24.3 Å². The van der Waals surface area contributed by atoms with Crippen molar-refractivity contribution >= 4 is 0 Å².